The molecule has 19 heteroatoms. The van der Waals surface area contributed by atoms with Crippen LogP contribution in [0.25, 0.3) is 11.2 Å². The highest BCUT2D eigenvalue weighted by molar-refractivity contribution is 7.47. The maximum Gasteiger partial charge on any atom is 0.472 e. The molecule has 3 rings (SSSR count). The van der Waals surface area contributed by atoms with E-state index in [1.807, 2.05) is 0 Å². The Kier molecular flexibility index (Phi) is 36.3. The second-order valence-corrected chi connectivity index (χ2v) is 21.3. The molecule has 434 valence electrons. The second-order valence-electron chi connectivity index (χ2n) is 19.8. The largest absolute Gasteiger partial charge is 0.472 e. The van der Waals surface area contributed by atoms with E-state index in [9.17, 15) is 28.6 Å². The molecule has 2 atom stereocenters. The third kappa shape index (κ3) is 31.3. The average Bonchev–Trinajstić information content (AvgIpc) is 3.74. The number of rotatable bonds is 48. The molecule has 0 fully saturated rings. The normalized spacial score (nSPS) is 12.9. The molecule has 2 unspecified atom stereocenters. The summed E-state index contributed by atoms with van der Waals surface area (Å²) in [6.07, 6.45) is 39.3. The van der Waals surface area contributed by atoms with Crippen LogP contribution in [0.1, 0.15) is 216 Å². The van der Waals surface area contributed by atoms with Crippen molar-refractivity contribution in [2.24, 2.45) is 0 Å². The molecule has 0 saturated heterocycles. The van der Waals surface area contributed by atoms with Gasteiger partial charge in [-0.3, -0.25) is 28.0 Å². The average molecular weight is 1100 g/mol. The second kappa shape index (κ2) is 42.1. The van der Waals surface area contributed by atoms with Crippen molar-refractivity contribution >= 4 is 42.7 Å². The van der Waals surface area contributed by atoms with E-state index in [0.29, 0.717) is 25.0 Å². The number of fused-ring (bicyclic) bond motifs is 1. The number of methoxy groups -OCH3 is 1. The first-order valence-corrected chi connectivity index (χ1v) is 30.5. The molecular formula is C58H95N6O12P. The van der Waals surface area contributed by atoms with Crippen LogP contribution in [-0.2, 0) is 44.0 Å². The molecule has 5 N–H and O–H groups in total. The molecule has 0 radical (unpaired) electrons. The van der Waals surface area contributed by atoms with Crippen LogP contribution in [0.2, 0.25) is 0 Å². The summed E-state index contributed by atoms with van der Waals surface area (Å²) < 4.78 is 46.2. The fourth-order valence-corrected chi connectivity index (χ4v) is 9.27. The number of phosphoric ester groups is 1. The van der Waals surface area contributed by atoms with Crippen LogP contribution in [0.3, 0.4) is 0 Å². The van der Waals surface area contributed by atoms with Gasteiger partial charge in [-0.05, 0) is 81.9 Å². The quantitative estimate of drug-likeness (QED) is 0.0178. The fraction of sp³-hybridized carbons (Fsp3) is 0.690. The number of carbonyl (C=O) groups excluding carboxylic acids is 3. The number of esters is 2. The van der Waals surface area contributed by atoms with Gasteiger partial charge in [0.2, 0.25) is 0 Å². The van der Waals surface area contributed by atoms with Gasteiger partial charge < -0.3 is 39.9 Å². The van der Waals surface area contributed by atoms with Crippen LogP contribution >= 0.6 is 7.82 Å². The smallest absolute Gasteiger partial charge is 0.462 e. The highest BCUT2D eigenvalue weighted by Crippen LogP contribution is 2.43. The molecule has 0 bridgehead atoms. The maximum absolute atomic E-state index is 12.9. The summed E-state index contributed by atoms with van der Waals surface area (Å²) >= 11 is 0. The van der Waals surface area contributed by atoms with Gasteiger partial charge in [-0.2, -0.15) is 9.97 Å². The Morgan fingerprint density at radius 3 is 1.75 bits per heavy atom. The van der Waals surface area contributed by atoms with Gasteiger partial charge in [0.25, 0.3) is 5.91 Å². The van der Waals surface area contributed by atoms with E-state index in [0.717, 1.165) is 77.0 Å². The van der Waals surface area contributed by atoms with Crippen LogP contribution in [-0.4, -0.2) is 95.1 Å². The number of anilines is 1. The SMILES string of the molecule is CCCCCCCC/C=C/CCCCCCCC(=O)OCC(COP(=O)(O)OCCNC(=O)c1ccc(Cn2c(=O)[nH]c3c(N)nc(OCCOC)nc32)cc1)OC(=O)CCCCCCC/C=C/CCCCCCCCC. The Morgan fingerprint density at radius 2 is 1.21 bits per heavy atom. The molecule has 0 spiro atoms. The number of nitrogens with one attached hydrogen (secondary N) is 2. The number of nitrogen functional groups attached to an aromatic ring is 1. The molecule has 2 heterocycles. The summed E-state index contributed by atoms with van der Waals surface area (Å²) in [6.45, 7) is 3.66. The van der Waals surface area contributed by atoms with Crippen LogP contribution in [0.4, 0.5) is 5.82 Å². The molecule has 3 aromatic rings. The van der Waals surface area contributed by atoms with E-state index in [4.69, 9.17) is 33.7 Å². The summed E-state index contributed by atoms with van der Waals surface area (Å²) in [7, 11) is -3.16. The Hall–Kier alpha value is -4.87. The van der Waals surface area contributed by atoms with Crippen molar-refractivity contribution < 1.29 is 51.8 Å². The number of ether oxygens (including phenoxy) is 4. The number of allylic oxidation sites excluding steroid dienone is 4. The molecule has 77 heavy (non-hydrogen) atoms. The minimum Gasteiger partial charge on any atom is -0.462 e. The summed E-state index contributed by atoms with van der Waals surface area (Å²) in [5, 5.41) is 2.63. The molecule has 0 aliphatic rings. The number of nitrogens with zero attached hydrogens (tertiary/aromatic N) is 3. The number of unbranched alkanes of at least 4 members (excludes halogenated alkanes) is 23. The lowest BCUT2D eigenvalue weighted by molar-refractivity contribution is -0.161. The summed E-state index contributed by atoms with van der Waals surface area (Å²) in [4.78, 5) is 73.0. The highest BCUT2D eigenvalue weighted by Gasteiger charge is 2.26. The first-order chi connectivity index (χ1) is 37.5. The molecule has 2 aromatic heterocycles. The topological polar surface area (TPSA) is 246 Å². The van der Waals surface area contributed by atoms with Gasteiger partial charge >= 0.3 is 31.5 Å². The van der Waals surface area contributed by atoms with Crippen LogP contribution < -0.4 is 21.5 Å². The van der Waals surface area contributed by atoms with Gasteiger partial charge in [0.15, 0.2) is 17.6 Å². The van der Waals surface area contributed by atoms with E-state index >= 15 is 0 Å². The number of nitrogens with two attached hydrogens (primary N) is 1. The van der Waals surface area contributed by atoms with Crippen molar-refractivity contribution in [2.75, 3.05) is 52.4 Å². The van der Waals surface area contributed by atoms with E-state index in [2.05, 4.69) is 58.4 Å². The van der Waals surface area contributed by atoms with Gasteiger partial charge in [0.1, 0.15) is 18.7 Å². The van der Waals surface area contributed by atoms with Crippen LogP contribution in [0.5, 0.6) is 6.01 Å². The predicted octanol–water partition coefficient (Wildman–Crippen LogP) is 12.6. The standard InChI is InChI=1S/C58H95N6O12P/c1-4-6-8-10-12-14-16-18-20-22-24-26-28-30-32-34-36-52(66)76-50(46-73-51(65)35-33-31-29-27-25-23-21-19-17-15-13-11-9-7-5-2)47-75-77(69,70)74-42-41-60-56(67)49-39-37-48(38-40-49)45-64-55-53(61-58(64)68)54(59)62-57(63-55)72-44-43-71-3/h19-22,37-40,50H,4-18,23-36,41-47H2,1-3H3,(H,60,67)(H,61,68)(H,69,70)(H2,59,62,63)/b21-19+,22-20+. The Labute approximate surface area is 459 Å². The van der Waals surface area contributed by atoms with Crippen molar-refractivity contribution in [1.82, 2.24) is 24.8 Å². The molecule has 0 saturated carbocycles. The lowest BCUT2D eigenvalue weighted by Crippen LogP contribution is -2.30. The van der Waals surface area contributed by atoms with Gasteiger partial charge in [-0.25, -0.2) is 9.36 Å². The third-order valence-electron chi connectivity index (χ3n) is 13.0. The summed E-state index contributed by atoms with van der Waals surface area (Å²) in [5.74, 6) is -1.40. The number of benzene rings is 1. The van der Waals surface area contributed by atoms with Crippen molar-refractivity contribution in [2.45, 2.75) is 213 Å². The molecule has 18 nitrogen and oxygen atoms in total. The number of aromatic amines is 1. The number of H-pyrrole nitrogens is 1. The number of phosphoric acid groups is 1. The van der Waals surface area contributed by atoms with Crippen LogP contribution in [0.15, 0.2) is 53.4 Å². The summed E-state index contributed by atoms with van der Waals surface area (Å²) in [6, 6.07) is 6.48. The number of carbonyl (C=O) groups is 3. The Balaban J connectivity index is 1.40. The van der Waals surface area contributed by atoms with E-state index in [1.165, 1.54) is 95.1 Å². The highest BCUT2D eigenvalue weighted by atomic mass is 31.2. The van der Waals surface area contributed by atoms with Gasteiger partial charge in [-0.1, -0.05) is 159 Å². The fourth-order valence-electron chi connectivity index (χ4n) is 8.52. The Morgan fingerprint density at radius 1 is 0.688 bits per heavy atom. The molecule has 1 aromatic carbocycles. The zero-order valence-electron chi connectivity index (χ0n) is 47.0. The zero-order chi connectivity index (χ0) is 55.6. The number of hydrogen-bond acceptors (Lipinski definition) is 14. The monoisotopic (exact) mass is 1100 g/mol. The zero-order valence-corrected chi connectivity index (χ0v) is 47.9. The van der Waals surface area contributed by atoms with Crippen molar-refractivity contribution in [3.8, 4) is 6.01 Å². The number of aromatic nitrogens is 4. The first kappa shape index (κ1) is 66.4. The third-order valence-corrected chi connectivity index (χ3v) is 14.0. The van der Waals surface area contributed by atoms with Gasteiger partial charge in [0, 0.05) is 32.1 Å². The minimum absolute atomic E-state index is 0.00332. The maximum atomic E-state index is 12.9. The van der Waals surface area contributed by atoms with Crippen molar-refractivity contribution in [3.63, 3.8) is 0 Å². The van der Waals surface area contributed by atoms with Crippen molar-refractivity contribution in [1.29, 1.82) is 0 Å². The molecule has 0 aliphatic carbocycles. The van der Waals surface area contributed by atoms with Crippen LogP contribution in [0, 0.1) is 0 Å². The van der Waals surface area contributed by atoms with E-state index in [-0.39, 0.29) is 74.3 Å². The number of imidazole rings is 1. The summed E-state index contributed by atoms with van der Waals surface area (Å²) in [5.41, 5.74) is 7.08. The number of hydrogen-bond donors (Lipinski definition) is 4. The van der Waals surface area contributed by atoms with Crippen molar-refractivity contribution in [3.05, 3.63) is 70.2 Å². The van der Waals surface area contributed by atoms with Gasteiger partial charge in [-0.15, -0.1) is 0 Å². The first-order valence-electron chi connectivity index (χ1n) is 29.0. The predicted molar refractivity (Wildman–Crippen MR) is 304 cm³/mol. The lowest BCUT2D eigenvalue weighted by Gasteiger charge is -2.20. The molecular weight excluding hydrogens is 1000 g/mol. The minimum atomic E-state index is -4.69. The Bertz CT molecular complexity index is 2230. The number of amides is 1. The lowest BCUT2D eigenvalue weighted by atomic mass is 10.1. The molecule has 1 amide bonds. The van der Waals surface area contributed by atoms with Gasteiger partial charge in [0.05, 0.1) is 26.4 Å². The molecule has 0 aliphatic heterocycles. The van der Waals surface area contributed by atoms with E-state index in [1.54, 1.807) is 24.3 Å². The van der Waals surface area contributed by atoms with E-state index < -0.39 is 44.1 Å².